The minimum atomic E-state index is -0.172. The van der Waals surface area contributed by atoms with E-state index in [1.807, 2.05) is 18.4 Å². The highest BCUT2D eigenvalue weighted by Gasteiger charge is 2.27. The molecule has 1 atom stereocenters. The second-order valence-electron chi connectivity index (χ2n) is 8.83. The van der Waals surface area contributed by atoms with Crippen LogP contribution in [0.2, 0.25) is 0 Å². The van der Waals surface area contributed by atoms with Crippen molar-refractivity contribution in [1.82, 2.24) is 29.4 Å². The van der Waals surface area contributed by atoms with Crippen LogP contribution in [0.5, 0.6) is 0 Å². The molecule has 0 aliphatic carbocycles. The molecule has 9 heteroatoms. The second-order valence-corrected chi connectivity index (χ2v) is 8.83. The lowest BCUT2D eigenvalue weighted by Crippen LogP contribution is -2.50. The number of likely N-dealkylation sites (tertiary alicyclic amines) is 1. The first kappa shape index (κ1) is 22.0. The van der Waals surface area contributed by atoms with Crippen molar-refractivity contribution in [2.24, 2.45) is 5.92 Å². The fourth-order valence-corrected chi connectivity index (χ4v) is 4.98. The molecule has 2 saturated heterocycles. The lowest BCUT2D eigenvalue weighted by atomic mass is 9.97. The summed E-state index contributed by atoms with van der Waals surface area (Å²) in [6, 6.07) is 0. The number of rotatable bonds is 7. The minimum absolute atomic E-state index is 0.172. The molecule has 2 aromatic heterocycles. The zero-order chi connectivity index (χ0) is 21.8. The molecule has 0 bridgehead atoms. The fraction of sp³-hybridized carbons (Fsp3) is 0.727. The van der Waals surface area contributed by atoms with Gasteiger partial charge in [-0.15, -0.1) is 0 Å². The number of ether oxygens (including phenoxy) is 1. The molecule has 2 fully saturated rings. The molecule has 0 aromatic carbocycles. The number of fused-ring (bicyclic) bond motifs is 1. The number of aromatic nitrogens is 4. The van der Waals surface area contributed by atoms with E-state index in [9.17, 15) is 4.79 Å². The van der Waals surface area contributed by atoms with Crippen molar-refractivity contribution >= 4 is 17.6 Å². The van der Waals surface area contributed by atoms with Gasteiger partial charge in [-0.3, -0.25) is 9.69 Å². The number of esters is 1. The summed E-state index contributed by atoms with van der Waals surface area (Å²) in [7, 11) is 2.23. The van der Waals surface area contributed by atoms with E-state index in [4.69, 9.17) is 4.74 Å². The van der Waals surface area contributed by atoms with Gasteiger partial charge in [0.1, 0.15) is 12.1 Å². The molecule has 31 heavy (non-hydrogen) atoms. The maximum Gasteiger partial charge on any atom is 0.306 e. The Labute approximate surface area is 184 Å². The van der Waals surface area contributed by atoms with Crippen molar-refractivity contribution in [3.05, 3.63) is 17.6 Å². The zero-order valence-corrected chi connectivity index (χ0v) is 19.1. The highest BCUT2D eigenvalue weighted by molar-refractivity contribution is 5.70. The summed E-state index contributed by atoms with van der Waals surface area (Å²) in [4.78, 5) is 28.4. The average Bonchev–Trinajstić information content (AvgIpc) is 3.21. The van der Waals surface area contributed by atoms with Gasteiger partial charge < -0.3 is 14.5 Å². The molecule has 0 radical (unpaired) electrons. The summed E-state index contributed by atoms with van der Waals surface area (Å²) in [5.74, 6) is 2.24. The van der Waals surface area contributed by atoms with Crippen molar-refractivity contribution in [1.29, 1.82) is 0 Å². The number of hydrogen-bond acceptors (Lipinski definition) is 8. The fourth-order valence-electron chi connectivity index (χ4n) is 4.98. The Morgan fingerprint density at radius 3 is 2.77 bits per heavy atom. The quantitative estimate of drug-likeness (QED) is 0.611. The summed E-state index contributed by atoms with van der Waals surface area (Å²) in [5.41, 5.74) is 1.97. The van der Waals surface area contributed by atoms with Crippen LogP contribution < -0.4 is 4.90 Å². The number of nitrogens with zero attached hydrogens (tertiary/aromatic N) is 7. The Hall–Kier alpha value is -2.26. The SMILES string of the molecule is CCOC(=O)CCc1c(C)nc2ncnn2c1N1CCN(CC2CCCN(C)C2)CC1. The van der Waals surface area contributed by atoms with Crippen LogP contribution in [0.4, 0.5) is 5.82 Å². The van der Waals surface area contributed by atoms with E-state index in [0.717, 1.165) is 49.2 Å². The monoisotopic (exact) mass is 429 g/mol. The minimum Gasteiger partial charge on any atom is -0.466 e. The smallest absolute Gasteiger partial charge is 0.306 e. The number of carbonyl (C=O) groups is 1. The molecular formula is C22H35N7O2. The predicted molar refractivity (Wildman–Crippen MR) is 119 cm³/mol. The lowest BCUT2D eigenvalue weighted by molar-refractivity contribution is -0.143. The number of carbonyl (C=O) groups excluding carboxylic acids is 1. The summed E-state index contributed by atoms with van der Waals surface area (Å²) in [5, 5.41) is 4.45. The molecule has 4 heterocycles. The number of piperazine rings is 1. The van der Waals surface area contributed by atoms with E-state index in [-0.39, 0.29) is 5.97 Å². The van der Waals surface area contributed by atoms with Crippen molar-refractivity contribution in [3.63, 3.8) is 0 Å². The van der Waals surface area contributed by atoms with Crippen LogP contribution >= 0.6 is 0 Å². The van der Waals surface area contributed by atoms with Crippen LogP contribution in [0.1, 0.15) is 37.4 Å². The summed E-state index contributed by atoms with van der Waals surface area (Å²) >= 11 is 0. The highest BCUT2D eigenvalue weighted by atomic mass is 16.5. The number of hydrogen-bond donors (Lipinski definition) is 0. The molecule has 2 aliphatic rings. The molecule has 4 rings (SSSR count). The van der Waals surface area contributed by atoms with Crippen LogP contribution in [-0.4, -0.2) is 94.8 Å². The van der Waals surface area contributed by atoms with Crippen LogP contribution in [0.3, 0.4) is 0 Å². The van der Waals surface area contributed by atoms with Gasteiger partial charge in [-0.2, -0.15) is 14.6 Å². The van der Waals surface area contributed by atoms with Gasteiger partial charge in [-0.05, 0) is 52.6 Å². The maximum atomic E-state index is 12.0. The molecule has 9 nitrogen and oxygen atoms in total. The number of piperidine rings is 1. The molecular weight excluding hydrogens is 394 g/mol. The van der Waals surface area contributed by atoms with Gasteiger partial charge in [0, 0.05) is 56.9 Å². The first-order chi connectivity index (χ1) is 15.0. The number of aryl methyl sites for hydroxylation is 1. The van der Waals surface area contributed by atoms with Gasteiger partial charge in [-0.25, -0.2) is 4.98 Å². The molecule has 0 spiro atoms. The molecule has 0 N–H and O–H groups in total. The predicted octanol–water partition coefficient (Wildman–Crippen LogP) is 1.39. The Balaban J connectivity index is 1.47. The summed E-state index contributed by atoms with van der Waals surface area (Å²) < 4.78 is 6.97. The Morgan fingerprint density at radius 2 is 2.03 bits per heavy atom. The third-order valence-electron chi connectivity index (χ3n) is 6.50. The standard InChI is InChI=1S/C22H35N7O2/c1-4-31-20(30)8-7-19-17(2)25-22-23-16-24-29(22)21(19)28-12-10-27(11-13-28)15-18-6-5-9-26(3)14-18/h16,18H,4-15H2,1-3H3. The van der Waals surface area contributed by atoms with Gasteiger partial charge >= 0.3 is 5.97 Å². The molecule has 0 amide bonds. The van der Waals surface area contributed by atoms with E-state index in [0.29, 0.717) is 25.2 Å². The van der Waals surface area contributed by atoms with Crippen molar-refractivity contribution in [2.75, 3.05) is 64.4 Å². The van der Waals surface area contributed by atoms with Crippen LogP contribution in [0.25, 0.3) is 5.78 Å². The van der Waals surface area contributed by atoms with Gasteiger partial charge in [0.15, 0.2) is 0 Å². The van der Waals surface area contributed by atoms with Crippen molar-refractivity contribution in [2.45, 2.75) is 39.5 Å². The third-order valence-corrected chi connectivity index (χ3v) is 6.50. The molecule has 170 valence electrons. The van der Waals surface area contributed by atoms with Crippen LogP contribution in [-0.2, 0) is 16.0 Å². The molecule has 2 aliphatic heterocycles. The number of anilines is 1. The van der Waals surface area contributed by atoms with E-state index in [2.05, 4.69) is 36.8 Å². The Morgan fingerprint density at radius 1 is 1.23 bits per heavy atom. The van der Waals surface area contributed by atoms with E-state index >= 15 is 0 Å². The lowest BCUT2D eigenvalue weighted by Gasteiger charge is -2.39. The molecule has 2 aromatic rings. The Kier molecular flexibility index (Phi) is 7.02. The highest BCUT2D eigenvalue weighted by Crippen LogP contribution is 2.26. The van der Waals surface area contributed by atoms with Gasteiger partial charge in [0.25, 0.3) is 5.78 Å². The average molecular weight is 430 g/mol. The van der Waals surface area contributed by atoms with E-state index in [1.165, 1.54) is 32.5 Å². The third kappa shape index (κ3) is 5.15. The largest absolute Gasteiger partial charge is 0.466 e. The van der Waals surface area contributed by atoms with Gasteiger partial charge in [0.05, 0.1) is 6.61 Å². The Bertz CT molecular complexity index is 891. The van der Waals surface area contributed by atoms with Crippen LogP contribution in [0.15, 0.2) is 6.33 Å². The molecule has 1 unspecified atom stereocenters. The van der Waals surface area contributed by atoms with E-state index < -0.39 is 0 Å². The first-order valence-electron chi connectivity index (χ1n) is 11.6. The normalized spacial score (nSPS) is 21.0. The second kappa shape index (κ2) is 9.91. The maximum absolute atomic E-state index is 12.0. The van der Waals surface area contributed by atoms with Crippen LogP contribution in [0, 0.1) is 12.8 Å². The van der Waals surface area contributed by atoms with Crippen molar-refractivity contribution < 1.29 is 9.53 Å². The zero-order valence-electron chi connectivity index (χ0n) is 19.1. The van der Waals surface area contributed by atoms with Gasteiger partial charge in [0.2, 0.25) is 0 Å². The molecule has 0 saturated carbocycles. The summed E-state index contributed by atoms with van der Waals surface area (Å²) in [6.07, 6.45) is 5.14. The summed E-state index contributed by atoms with van der Waals surface area (Å²) in [6.45, 7) is 11.8. The van der Waals surface area contributed by atoms with Crippen molar-refractivity contribution in [3.8, 4) is 0 Å². The van der Waals surface area contributed by atoms with E-state index in [1.54, 1.807) is 6.33 Å². The first-order valence-corrected chi connectivity index (χ1v) is 11.6. The van der Waals surface area contributed by atoms with Gasteiger partial charge in [-0.1, -0.05) is 0 Å². The topological polar surface area (TPSA) is 79.1 Å².